The van der Waals surface area contributed by atoms with Gasteiger partial charge in [0.1, 0.15) is 11.5 Å². The molecule has 132 valence electrons. The third-order valence-corrected chi connectivity index (χ3v) is 4.00. The number of hydrogen-bond donors (Lipinski definition) is 2. The lowest BCUT2D eigenvalue weighted by Crippen LogP contribution is -2.24. The molecule has 3 aromatic rings. The zero-order valence-corrected chi connectivity index (χ0v) is 15.3. The number of anilines is 2. The molecule has 26 heavy (non-hydrogen) atoms. The van der Waals surface area contributed by atoms with E-state index in [9.17, 15) is 4.79 Å². The van der Waals surface area contributed by atoms with Crippen molar-refractivity contribution in [2.75, 3.05) is 5.32 Å². The zero-order chi connectivity index (χ0) is 18.5. The molecule has 0 aliphatic carbocycles. The minimum Gasteiger partial charge on any atom is -0.347 e. The predicted molar refractivity (Wildman–Crippen MR) is 104 cm³/mol. The third-order valence-electron chi connectivity index (χ3n) is 3.74. The van der Waals surface area contributed by atoms with Gasteiger partial charge in [-0.15, -0.1) is 0 Å². The Balaban J connectivity index is 1.61. The van der Waals surface area contributed by atoms with Gasteiger partial charge in [-0.1, -0.05) is 29.8 Å². The van der Waals surface area contributed by atoms with Gasteiger partial charge in [0.2, 0.25) is 0 Å². The summed E-state index contributed by atoms with van der Waals surface area (Å²) >= 11 is 5.85. The smallest absolute Gasteiger partial charge is 0.271 e. The maximum atomic E-state index is 12.2. The summed E-state index contributed by atoms with van der Waals surface area (Å²) in [6.07, 6.45) is 3.01. The molecule has 5 nitrogen and oxygen atoms in total. The van der Waals surface area contributed by atoms with Crippen molar-refractivity contribution in [3.63, 3.8) is 0 Å². The summed E-state index contributed by atoms with van der Waals surface area (Å²) < 4.78 is 0. The van der Waals surface area contributed by atoms with Crippen LogP contribution < -0.4 is 10.6 Å². The van der Waals surface area contributed by atoms with Gasteiger partial charge >= 0.3 is 0 Å². The third kappa shape index (κ3) is 4.80. The second-order valence-corrected chi connectivity index (χ2v) is 6.53. The van der Waals surface area contributed by atoms with Gasteiger partial charge in [0, 0.05) is 17.3 Å². The Hall–Kier alpha value is -2.92. The van der Waals surface area contributed by atoms with E-state index in [2.05, 4.69) is 26.7 Å². The number of aromatic nitrogens is 2. The average molecular weight is 367 g/mol. The molecule has 0 atom stereocenters. The lowest BCUT2D eigenvalue weighted by Gasteiger charge is -2.08. The summed E-state index contributed by atoms with van der Waals surface area (Å²) in [5.74, 6) is 0.314. The van der Waals surface area contributed by atoms with Crippen LogP contribution in [0.1, 0.15) is 27.2 Å². The highest BCUT2D eigenvalue weighted by Gasteiger charge is 2.08. The largest absolute Gasteiger partial charge is 0.347 e. The second-order valence-electron chi connectivity index (χ2n) is 6.10. The van der Waals surface area contributed by atoms with Crippen molar-refractivity contribution >= 4 is 29.0 Å². The Morgan fingerprint density at radius 2 is 1.69 bits per heavy atom. The number of rotatable bonds is 5. The van der Waals surface area contributed by atoms with Gasteiger partial charge in [-0.3, -0.25) is 4.79 Å². The summed E-state index contributed by atoms with van der Waals surface area (Å²) in [5.41, 5.74) is 4.50. The fourth-order valence-corrected chi connectivity index (χ4v) is 2.71. The summed E-state index contributed by atoms with van der Waals surface area (Å²) in [4.78, 5) is 20.6. The first-order valence-corrected chi connectivity index (χ1v) is 8.57. The van der Waals surface area contributed by atoms with Crippen LogP contribution in [-0.4, -0.2) is 15.9 Å². The van der Waals surface area contributed by atoms with Gasteiger partial charge in [-0.05, 0) is 54.8 Å². The highest BCUT2D eigenvalue weighted by molar-refractivity contribution is 6.30. The first kappa shape index (κ1) is 17.9. The maximum absolute atomic E-state index is 12.2. The summed E-state index contributed by atoms with van der Waals surface area (Å²) in [6.45, 7) is 4.48. The summed E-state index contributed by atoms with van der Waals surface area (Å²) in [5, 5.41) is 6.68. The summed E-state index contributed by atoms with van der Waals surface area (Å²) in [7, 11) is 0. The fourth-order valence-electron chi connectivity index (χ4n) is 2.58. The van der Waals surface area contributed by atoms with E-state index >= 15 is 0 Å². The molecule has 0 fully saturated rings. The minimum absolute atomic E-state index is 0.268. The van der Waals surface area contributed by atoms with E-state index in [0.717, 1.165) is 11.3 Å². The van der Waals surface area contributed by atoms with Crippen LogP contribution >= 0.6 is 11.6 Å². The molecular weight excluding hydrogens is 348 g/mol. The van der Waals surface area contributed by atoms with Crippen LogP contribution in [0.5, 0.6) is 0 Å². The van der Waals surface area contributed by atoms with Crippen molar-refractivity contribution in [2.24, 2.45) is 0 Å². The number of benzene rings is 2. The highest BCUT2D eigenvalue weighted by atomic mass is 35.5. The highest BCUT2D eigenvalue weighted by Crippen LogP contribution is 2.17. The van der Waals surface area contributed by atoms with E-state index in [1.807, 2.05) is 38.1 Å². The molecular formula is C20H19ClN4O. The van der Waals surface area contributed by atoms with Gasteiger partial charge in [-0.25, -0.2) is 9.97 Å². The molecule has 0 aliphatic heterocycles. The monoisotopic (exact) mass is 366 g/mol. The normalized spacial score (nSPS) is 10.4. The van der Waals surface area contributed by atoms with Crippen LogP contribution in [0.3, 0.4) is 0 Å². The molecule has 0 radical (unpaired) electrons. The van der Waals surface area contributed by atoms with E-state index in [0.29, 0.717) is 17.4 Å². The molecule has 0 aliphatic rings. The number of nitrogens with zero attached hydrogens (tertiary/aromatic N) is 2. The second kappa shape index (κ2) is 7.97. The molecule has 0 saturated carbocycles. The Kier molecular flexibility index (Phi) is 5.49. The van der Waals surface area contributed by atoms with Crippen LogP contribution in [0.25, 0.3) is 0 Å². The standard InChI is InChI=1S/C20H19ClN4O/c1-13-7-14(2)9-17(8-13)25-19-12-22-18(11-23-19)20(26)24-10-15-3-5-16(21)6-4-15/h3-9,11-12H,10H2,1-2H3,(H,23,25)(H,24,26). The summed E-state index contributed by atoms with van der Waals surface area (Å²) in [6, 6.07) is 13.5. The quantitative estimate of drug-likeness (QED) is 0.701. The number of carbonyl (C=O) groups excluding carboxylic acids is 1. The van der Waals surface area contributed by atoms with Crippen molar-refractivity contribution in [2.45, 2.75) is 20.4 Å². The first-order chi connectivity index (χ1) is 12.5. The molecule has 1 aromatic heterocycles. The molecule has 0 bridgehead atoms. The van der Waals surface area contributed by atoms with Crippen LogP contribution in [0.4, 0.5) is 11.5 Å². The molecule has 0 spiro atoms. The van der Waals surface area contributed by atoms with E-state index in [1.54, 1.807) is 18.3 Å². The number of aryl methyl sites for hydroxylation is 2. The van der Waals surface area contributed by atoms with Gasteiger partial charge in [-0.2, -0.15) is 0 Å². The SMILES string of the molecule is Cc1cc(C)cc(Nc2cnc(C(=O)NCc3ccc(Cl)cc3)cn2)c1. The lowest BCUT2D eigenvalue weighted by molar-refractivity contribution is 0.0945. The molecule has 2 aromatic carbocycles. The molecule has 6 heteroatoms. The van der Waals surface area contributed by atoms with Gasteiger partial charge in [0.15, 0.2) is 0 Å². The van der Waals surface area contributed by atoms with Crippen molar-refractivity contribution in [3.8, 4) is 0 Å². The number of amides is 1. The van der Waals surface area contributed by atoms with E-state index in [1.165, 1.54) is 17.3 Å². The minimum atomic E-state index is -0.273. The van der Waals surface area contributed by atoms with Crippen LogP contribution in [0, 0.1) is 13.8 Å². The van der Waals surface area contributed by atoms with Crippen molar-refractivity contribution < 1.29 is 4.79 Å². The first-order valence-electron chi connectivity index (χ1n) is 8.19. The molecule has 0 saturated heterocycles. The van der Waals surface area contributed by atoms with Crippen LogP contribution in [0.2, 0.25) is 5.02 Å². The predicted octanol–water partition coefficient (Wildman–Crippen LogP) is 4.42. The number of carbonyl (C=O) groups is 1. The van der Waals surface area contributed by atoms with Crippen molar-refractivity contribution in [1.82, 2.24) is 15.3 Å². The van der Waals surface area contributed by atoms with Crippen LogP contribution in [0.15, 0.2) is 54.9 Å². The Bertz CT molecular complexity index is 888. The molecule has 0 unspecified atom stereocenters. The van der Waals surface area contributed by atoms with E-state index in [-0.39, 0.29) is 11.6 Å². The molecule has 1 heterocycles. The Morgan fingerprint density at radius 1 is 1.00 bits per heavy atom. The zero-order valence-electron chi connectivity index (χ0n) is 14.6. The van der Waals surface area contributed by atoms with Gasteiger partial charge in [0.25, 0.3) is 5.91 Å². The number of nitrogens with one attached hydrogen (secondary N) is 2. The topological polar surface area (TPSA) is 66.9 Å². The maximum Gasteiger partial charge on any atom is 0.271 e. The van der Waals surface area contributed by atoms with E-state index in [4.69, 9.17) is 11.6 Å². The number of hydrogen-bond acceptors (Lipinski definition) is 4. The van der Waals surface area contributed by atoms with Crippen molar-refractivity contribution in [1.29, 1.82) is 0 Å². The van der Waals surface area contributed by atoms with Crippen LogP contribution in [-0.2, 0) is 6.54 Å². The lowest BCUT2D eigenvalue weighted by atomic mass is 10.1. The fraction of sp³-hybridized carbons (Fsp3) is 0.150. The Labute approximate surface area is 157 Å². The Morgan fingerprint density at radius 3 is 2.31 bits per heavy atom. The molecule has 1 amide bonds. The average Bonchev–Trinajstić information content (AvgIpc) is 2.61. The van der Waals surface area contributed by atoms with Gasteiger partial charge < -0.3 is 10.6 Å². The number of halogens is 1. The molecule has 2 N–H and O–H groups in total. The molecule has 3 rings (SSSR count). The van der Waals surface area contributed by atoms with Gasteiger partial charge in [0.05, 0.1) is 12.4 Å². The van der Waals surface area contributed by atoms with Crippen molar-refractivity contribution in [3.05, 3.63) is 82.3 Å². The van der Waals surface area contributed by atoms with E-state index < -0.39 is 0 Å².